The van der Waals surface area contributed by atoms with Crippen LogP contribution in [0.15, 0.2) is 61.2 Å². The molecule has 2 N–H and O–H groups in total. The van der Waals surface area contributed by atoms with Crippen molar-refractivity contribution in [1.29, 1.82) is 0 Å². The highest BCUT2D eigenvalue weighted by molar-refractivity contribution is 5.68. The average molecular weight is 393 g/mol. The summed E-state index contributed by atoms with van der Waals surface area (Å²) in [5.41, 5.74) is 1.58. The quantitative estimate of drug-likeness (QED) is 0.663. The molecule has 29 heavy (non-hydrogen) atoms. The van der Waals surface area contributed by atoms with Gasteiger partial charge in [-0.25, -0.2) is 9.37 Å². The highest BCUT2D eigenvalue weighted by Gasteiger charge is 2.46. The van der Waals surface area contributed by atoms with Gasteiger partial charge in [-0.15, -0.1) is 10.2 Å². The number of phenolic OH excluding ortho intramolecular Hbond substituents is 1. The zero-order valence-electron chi connectivity index (χ0n) is 15.7. The lowest BCUT2D eigenvalue weighted by molar-refractivity contribution is 0.0295. The first-order valence-corrected chi connectivity index (χ1v) is 9.44. The SMILES string of the molecule is C[C@@]12C=C[C@@H](N1)[C@H](F)[C@@H](Oc1ccc(-c3ccc(-n4ccnc4)cc3O)nn1)C2. The standard InChI is InChI=1S/C21H20FN5O2/c1-21-7-6-16(24-21)20(22)18(11-21)29-19-5-4-15(25-26-19)14-3-2-13(10-17(14)28)27-9-8-23-12-27/h2-10,12,16,18,20,24,28H,11H2,1H3/t16-,18+,20+,21+/m1/s1. The summed E-state index contributed by atoms with van der Waals surface area (Å²) in [4.78, 5) is 4.00. The molecule has 148 valence electrons. The number of phenols is 1. The van der Waals surface area contributed by atoms with Crippen molar-refractivity contribution in [2.45, 2.75) is 37.2 Å². The summed E-state index contributed by atoms with van der Waals surface area (Å²) in [6, 6.07) is 8.28. The minimum absolute atomic E-state index is 0.0805. The van der Waals surface area contributed by atoms with Gasteiger partial charge in [0.2, 0.25) is 5.88 Å². The van der Waals surface area contributed by atoms with Crippen LogP contribution >= 0.6 is 0 Å². The lowest BCUT2D eigenvalue weighted by Crippen LogP contribution is -2.57. The first-order chi connectivity index (χ1) is 14.0. The lowest BCUT2D eigenvalue weighted by atomic mass is 9.90. The fourth-order valence-electron chi connectivity index (χ4n) is 3.96. The van der Waals surface area contributed by atoms with Gasteiger partial charge in [0.05, 0.1) is 23.8 Å². The molecule has 1 aromatic carbocycles. The number of hydrogen-bond donors (Lipinski definition) is 2. The van der Waals surface area contributed by atoms with Gasteiger partial charge in [0, 0.05) is 42.0 Å². The van der Waals surface area contributed by atoms with Crippen LogP contribution in [-0.4, -0.2) is 48.7 Å². The number of alkyl halides is 1. The molecule has 0 radical (unpaired) electrons. The maximum Gasteiger partial charge on any atom is 0.233 e. The Morgan fingerprint density at radius 1 is 1.28 bits per heavy atom. The van der Waals surface area contributed by atoms with E-state index in [0.717, 1.165) is 5.69 Å². The summed E-state index contributed by atoms with van der Waals surface area (Å²) in [5, 5.41) is 21.9. The Morgan fingerprint density at radius 3 is 2.90 bits per heavy atom. The normalized spacial score (nSPS) is 27.9. The second-order valence-corrected chi connectivity index (χ2v) is 7.68. The number of aromatic nitrogens is 4. The van der Waals surface area contributed by atoms with Gasteiger partial charge < -0.3 is 14.4 Å². The smallest absolute Gasteiger partial charge is 0.233 e. The predicted molar refractivity (Wildman–Crippen MR) is 105 cm³/mol. The fraction of sp³-hybridized carbons (Fsp3) is 0.286. The molecule has 1 saturated heterocycles. The van der Waals surface area contributed by atoms with E-state index in [-0.39, 0.29) is 23.2 Å². The van der Waals surface area contributed by atoms with E-state index >= 15 is 0 Å². The molecular formula is C21H20FN5O2. The van der Waals surface area contributed by atoms with Crippen molar-refractivity contribution < 1.29 is 14.2 Å². The Morgan fingerprint density at radius 2 is 2.17 bits per heavy atom. The van der Waals surface area contributed by atoms with Crippen molar-refractivity contribution in [1.82, 2.24) is 25.1 Å². The van der Waals surface area contributed by atoms with Crippen LogP contribution in [0.5, 0.6) is 11.6 Å². The average Bonchev–Trinajstić information content (AvgIpc) is 3.36. The highest BCUT2D eigenvalue weighted by Crippen LogP contribution is 2.34. The van der Waals surface area contributed by atoms with E-state index in [4.69, 9.17) is 4.74 Å². The molecule has 0 aliphatic carbocycles. The zero-order valence-corrected chi connectivity index (χ0v) is 15.7. The molecule has 4 heterocycles. The highest BCUT2D eigenvalue weighted by atomic mass is 19.1. The minimum atomic E-state index is -1.15. The summed E-state index contributed by atoms with van der Waals surface area (Å²) in [5.74, 6) is 0.345. The van der Waals surface area contributed by atoms with Crippen molar-refractivity contribution in [3.05, 3.63) is 61.2 Å². The first-order valence-electron chi connectivity index (χ1n) is 9.44. The molecule has 1 fully saturated rings. The van der Waals surface area contributed by atoms with Gasteiger partial charge in [0.1, 0.15) is 11.9 Å². The lowest BCUT2D eigenvalue weighted by Gasteiger charge is -2.38. The van der Waals surface area contributed by atoms with Crippen LogP contribution in [0.2, 0.25) is 0 Å². The van der Waals surface area contributed by atoms with Crippen molar-refractivity contribution in [2.75, 3.05) is 0 Å². The van der Waals surface area contributed by atoms with Gasteiger partial charge in [0.25, 0.3) is 0 Å². The van der Waals surface area contributed by atoms with E-state index in [1.165, 1.54) is 0 Å². The van der Waals surface area contributed by atoms with Crippen LogP contribution in [0.3, 0.4) is 0 Å². The summed E-state index contributed by atoms with van der Waals surface area (Å²) in [6.45, 7) is 2.02. The third kappa shape index (κ3) is 3.25. The second kappa shape index (κ2) is 6.66. The molecule has 8 heteroatoms. The first kappa shape index (κ1) is 17.8. The second-order valence-electron chi connectivity index (χ2n) is 7.68. The topological polar surface area (TPSA) is 85.1 Å². The van der Waals surface area contributed by atoms with Crippen molar-refractivity contribution in [2.24, 2.45) is 0 Å². The minimum Gasteiger partial charge on any atom is -0.507 e. The molecule has 5 rings (SSSR count). The summed E-state index contributed by atoms with van der Waals surface area (Å²) < 4.78 is 22.2. The fourth-order valence-corrected chi connectivity index (χ4v) is 3.96. The molecule has 0 spiro atoms. The van der Waals surface area contributed by atoms with E-state index in [9.17, 15) is 9.50 Å². The van der Waals surface area contributed by atoms with Gasteiger partial charge in [-0.2, -0.15) is 0 Å². The van der Waals surface area contributed by atoms with E-state index in [1.54, 1.807) is 47.6 Å². The van der Waals surface area contributed by atoms with Crippen LogP contribution < -0.4 is 10.1 Å². The van der Waals surface area contributed by atoms with Crippen LogP contribution in [0.1, 0.15) is 13.3 Å². The number of nitrogens with zero attached hydrogens (tertiary/aromatic N) is 4. The molecule has 2 bridgehead atoms. The molecule has 2 aliphatic heterocycles. The number of aromatic hydroxyl groups is 1. The third-order valence-corrected chi connectivity index (χ3v) is 5.46. The van der Waals surface area contributed by atoms with Gasteiger partial charge in [-0.1, -0.05) is 12.2 Å². The number of piperidine rings is 1. The van der Waals surface area contributed by atoms with Crippen LogP contribution in [0.4, 0.5) is 4.39 Å². The molecule has 0 unspecified atom stereocenters. The van der Waals surface area contributed by atoms with E-state index in [1.807, 2.05) is 25.1 Å². The largest absolute Gasteiger partial charge is 0.507 e. The monoisotopic (exact) mass is 393 g/mol. The zero-order chi connectivity index (χ0) is 20.0. The third-order valence-electron chi connectivity index (χ3n) is 5.46. The van der Waals surface area contributed by atoms with Crippen LogP contribution in [0, 0.1) is 0 Å². The van der Waals surface area contributed by atoms with Crippen LogP contribution in [-0.2, 0) is 0 Å². The molecule has 2 aromatic heterocycles. The maximum absolute atomic E-state index is 14.6. The molecule has 0 saturated carbocycles. The van der Waals surface area contributed by atoms with E-state index in [0.29, 0.717) is 17.7 Å². The Kier molecular flexibility index (Phi) is 4.09. The van der Waals surface area contributed by atoms with E-state index in [2.05, 4.69) is 20.5 Å². The number of halogens is 1. The Balaban J connectivity index is 1.33. The number of fused-ring (bicyclic) bond motifs is 2. The number of hydrogen-bond acceptors (Lipinski definition) is 6. The molecule has 3 aromatic rings. The molecule has 0 amide bonds. The van der Waals surface area contributed by atoms with Crippen molar-refractivity contribution in [3.8, 4) is 28.6 Å². The van der Waals surface area contributed by atoms with Crippen LogP contribution in [0.25, 0.3) is 16.9 Å². The number of imidazole rings is 1. The van der Waals surface area contributed by atoms with Gasteiger partial charge >= 0.3 is 0 Å². The summed E-state index contributed by atoms with van der Waals surface area (Å²) in [6.07, 6.45) is 7.75. The summed E-state index contributed by atoms with van der Waals surface area (Å²) >= 11 is 0. The van der Waals surface area contributed by atoms with Gasteiger partial charge in [-0.05, 0) is 25.1 Å². The summed E-state index contributed by atoms with van der Waals surface area (Å²) in [7, 11) is 0. The van der Waals surface area contributed by atoms with Gasteiger partial charge in [-0.3, -0.25) is 5.32 Å². The van der Waals surface area contributed by atoms with Gasteiger partial charge in [0.15, 0.2) is 6.17 Å². The number of ether oxygens (including phenoxy) is 1. The molecular weight excluding hydrogens is 373 g/mol. The number of nitrogens with one attached hydrogen (secondary N) is 1. The Bertz CT molecular complexity index is 1050. The molecule has 7 nitrogen and oxygen atoms in total. The predicted octanol–water partition coefficient (Wildman–Crippen LogP) is 2.81. The van der Waals surface area contributed by atoms with Crippen molar-refractivity contribution >= 4 is 0 Å². The Hall–Kier alpha value is -3.26. The number of rotatable bonds is 4. The van der Waals surface area contributed by atoms with Crippen molar-refractivity contribution in [3.63, 3.8) is 0 Å². The molecule has 2 aliphatic rings. The number of benzene rings is 1. The van der Waals surface area contributed by atoms with E-state index < -0.39 is 12.3 Å². The maximum atomic E-state index is 14.6. The Labute approximate surface area is 166 Å². The molecule has 4 atom stereocenters.